The highest BCUT2D eigenvalue weighted by atomic mass is 35.5. The molecule has 2 saturated heterocycles. The number of esters is 1. The molecule has 10 nitrogen and oxygen atoms in total. The molecule has 4 atom stereocenters. The minimum atomic E-state index is -1.57. The maximum Gasteiger partial charge on any atom is 0.308 e. The quantitative estimate of drug-likeness (QED) is 0.164. The molecule has 6 rings (SSSR count). The van der Waals surface area contributed by atoms with Crippen LogP contribution in [0.3, 0.4) is 0 Å². The summed E-state index contributed by atoms with van der Waals surface area (Å²) in [6.45, 7) is 3.09. The Labute approximate surface area is 233 Å². The van der Waals surface area contributed by atoms with Crippen LogP contribution in [0.25, 0.3) is 0 Å². The van der Waals surface area contributed by atoms with Crippen molar-refractivity contribution in [2.24, 2.45) is 11.8 Å². The predicted octanol–water partition coefficient (Wildman–Crippen LogP) is 3.15. The molecule has 40 heavy (non-hydrogen) atoms. The molecule has 0 radical (unpaired) electrons. The molecule has 11 heteroatoms. The van der Waals surface area contributed by atoms with Gasteiger partial charge in [0, 0.05) is 18.5 Å². The van der Waals surface area contributed by atoms with E-state index in [1.165, 1.54) is 43.3 Å². The Bertz CT molecular complexity index is 1620. The molecule has 3 amide bonds. The lowest BCUT2D eigenvalue weighted by atomic mass is 9.76. The number of halogens is 1. The van der Waals surface area contributed by atoms with Crippen LogP contribution in [-0.2, 0) is 31.1 Å². The Morgan fingerprint density at radius 1 is 1.02 bits per heavy atom. The van der Waals surface area contributed by atoms with E-state index in [9.17, 15) is 29.4 Å². The van der Waals surface area contributed by atoms with Crippen LogP contribution in [0.15, 0.2) is 54.6 Å². The number of aromatic hydroxyl groups is 2. The van der Waals surface area contributed by atoms with Gasteiger partial charge in [0.1, 0.15) is 11.3 Å². The van der Waals surface area contributed by atoms with Crippen molar-refractivity contribution in [1.82, 2.24) is 5.32 Å². The highest BCUT2D eigenvalue weighted by Crippen LogP contribution is 2.55. The number of nitrogens with one attached hydrogen (secondary N) is 2. The van der Waals surface area contributed by atoms with Gasteiger partial charge in [0.25, 0.3) is 0 Å². The van der Waals surface area contributed by atoms with E-state index in [2.05, 4.69) is 10.6 Å². The number of rotatable bonds is 4. The van der Waals surface area contributed by atoms with Crippen molar-refractivity contribution in [2.75, 3.05) is 10.2 Å². The Kier molecular flexibility index (Phi) is 5.86. The molecule has 0 unspecified atom stereocenters. The smallest absolute Gasteiger partial charge is 0.308 e. The van der Waals surface area contributed by atoms with Gasteiger partial charge in [-0.3, -0.25) is 24.5 Å². The molecule has 204 valence electrons. The first kappa shape index (κ1) is 25.8. The molecule has 3 aromatic rings. The highest BCUT2D eigenvalue weighted by molar-refractivity contribution is 6.35. The largest absolute Gasteiger partial charge is 0.504 e. The van der Waals surface area contributed by atoms with E-state index < -0.39 is 47.1 Å². The SMILES string of the molecule is CC(=O)Oc1ccc(N2C(=O)[C@@H]3[C@H](Cc4ccc(O)c(O)c4)N[C@]4(C(=O)Nc5c(Cl)cc(C)cc54)[C@@H]3C2=O)cc1. The number of imide groups is 1. The number of nitrogens with zero attached hydrogens (tertiary/aromatic N) is 1. The average molecular weight is 562 g/mol. The highest BCUT2D eigenvalue weighted by Gasteiger charge is 2.70. The number of carbonyl (C=O) groups is 4. The number of phenols is 2. The molecule has 0 bridgehead atoms. The Morgan fingerprint density at radius 3 is 2.42 bits per heavy atom. The van der Waals surface area contributed by atoms with Crippen molar-refractivity contribution in [2.45, 2.75) is 31.8 Å². The molecule has 4 N–H and O–H groups in total. The normalized spacial score (nSPS) is 24.8. The van der Waals surface area contributed by atoms with Gasteiger partial charge in [-0.15, -0.1) is 0 Å². The van der Waals surface area contributed by atoms with Crippen LogP contribution in [0.5, 0.6) is 17.2 Å². The van der Waals surface area contributed by atoms with Gasteiger partial charge < -0.3 is 20.3 Å². The second-order valence-electron chi connectivity index (χ2n) is 10.3. The van der Waals surface area contributed by atoms with Crippen LogP contribution in [0.2, 0.25) is 5.02 Å². The number of ether oxygens (including phenoxy) is 1. The van der Waals surface area contributed by atoms with Crippen LogP contribution in [0.4, 0.5) is 11.4 Å². The summed E-state index contributed by atoms with van der Waals surface area (Å²) in [6.07, 6.45) is 0.178. The molecule has 0 aromatic heterocycles. The van der Waals surface area contributed by atoms with Crippen LogP contribution >= 0.6 is 11.6 Å². The lowest BCUT2D eigenvalue weighted by molar-refractivity contribution is -0.132. The van der Waals surface area contributed by atoms with Gasteiger partial charge >= 0.3 is 5.97 Å². The van der Waals surface area contributed by atoms with E-state index >= 15 is 0 Å². The third kappa shape index (κ3) is 3.75. The number of aryl methyl sites for hydroxylation is 1. The van der Waals surface area contributed by atoms with Gasteiger partial charge in [0.15, 0.2) is 11.5 Å². The number of benzene rings is 3. The number of hydrogen-bond donors (Lipinski definition) is 4. The summed E-state index contributed by atoms with van der Waals surface area (Å²) in [6, 6.07) is 13.1. The third-order valence-electron chi connectivity index (χ3n) is 7.77. The molecular formula is C29H24ClN3O7. The first-order chi connectivity index (χ1) is 19.0. The second kappa shape index (κ2) is 9.07. The summed E-state index contributed by atoms with van der Waals surface area (Å²) >= 11 is 6.49. The zero-order valence-electron chi connectivity index (χ0n) is 21.4. The molecule has 3 heterocycles. The monoisotopic (exact) mass is 561 g/mol. The zero-order chi connectivity index (χ0) is 28.5. The summed E-state index contributed by atoms with van der Waals surface area (Å²) in [5.41, 5.74) is 0.946. The van der Waals surface area contributed by atoms with Crippen molar-refractivity contribution in [3.8, 4) is 17.2 Å². The van der Waals surface area contributed by atoms with Gasteiger partial charge in [0.2, 0.25) is 17.7 Å². The van der Waals surface area contributed by atoms with Crippen molar-refractivity contribution >= 4 is 46.7 Å². The van der Waals surface area contributed by atoms with Gasteiger partial charge in [-0.05, 0) is 66.9 Å². The van der Waals surface area contributed by atoms with Crippen LogP contribution in [-0.4, -0.2) is 39.9 Å². The fourth-order valence-electron chi connectivity index (χ4n) is 6.20. The van der Waals surface area contributed by atoms with E-state index in [0.717, 1.165) is 10.5 Å². The lowest BCUT2D eigenvalue weighted by Gasteiger charge is -2.30. The molecule has 3 aromatic carbocycles. The van der Waals surface area contributed by atoms with Crippen LogP contribution in [0, 0.1) is 18.8 Å². The van der Waals surface area contributed by atoms with E-state index in [-0.39, 0.29) is 29.4 Å². The summed E-state index contributed by atoms with van der Waals surface area (Å²) in [7, 11) is 0. The summed E-state index contributed by atoms with van der Waals surface area (Å²) in [5.74, 6) is -4.44. The maximum absolute atomic E-state index is 14.1. The predicted molar refractivity (Wildman–Crippen MR) is 144 cm³/mol. The fourth-order valence-corrected chi connectivity index (χ4v) is 6.52. The second-order valence-corrected chi connectivity index (χ2v) is 10.7. The minimum absolute atomic E-state index is 0.178. The maximum atomic E-state index is 14.1. The number of anilines is 2. The van der Waals surface area contributed by atoms with Gasteiger partial charge in [0.05, 0.1) is 28.2 Å². The van der Waals surface area contributed by atoms with Crippen LogP contribution < -0.4 is 20.3 Å². The van der Waals surface area contributed by atoms with E-state index in [0.29, 0.717) is 21.8 Å². The van der Waals surface area contributed by atoms with Crippen molar-refractivity contribution in [1.29, 1.82) is 0 Å². The summed E-state index contributed by atoms with van der Waals surface area (Å²) in [4.78, 5) is 54.3. The minimum Gasteiger partial charge on any atom is -0.504 e. The third-order valence-corrected chi connectivity index (χ3v) is 8.07. The van der Waals surface area contributed by atoms with Crippen molar-refractivity contribution in [3.63, 3.8) is 0 Å². The van der Waals surface area contributed by atoms with Crippen molar-refractivity contribution < 1.29 is 34.1 Å². The molecule has 0 saturated carbocycles. The number of amides is 3. The van der Waals surface area contributed by atoms with Crippen LogP contribution in [0.1, 0.15) is 23.6 Å². The zero-order valence-corrected chi connectivity index (χ0v) is 22.2. The Morgan fingerprint density at radius 2 is 1.75 bits per heavy atom. The van der Waals surface area contributed by atoms with Gasteiger partial charge in [-0.25, -0.2) is 4.90 Å². The first-order valence-electron chi connectivity index (χ1n) is 12.6. The van der Waals surface area contributed by atoms with Crippen molar-refractivity contribution in [3.05, 3.63) is 76.3 Å². The molecule has 3 aliphatic heterocycles. The summed E-state index contributed by atoms with van der Waals surface area (Å²) in [5, 5.41) is 26.3. The first-order valence-corrected chi connectivity index (χ1v) is 13.0. The van der Waals surface area contributed by atoms with E-state index in [1.807, 2.05) is 6.92 Å². The number of fused-ring (bicyclic) bond motifs is 4. The number of hydrogen-bond acceptors (Lipinski definition) is 8. The Hall–Kier alpha value is -4.41. The Balaban J connectivity index is 1.47. The molecular weight excluding hydrogens is 538 g/mol. The van der Waals surface area contributed by atoms with Gasteiger partial charge in [-0.2, -0.15) is 0 Å². The number of phenolic OH excluding ortho intramolecular Hbond substituents is 2. The topological polar surface area (TPSA) is 145 Å². The van der Waals surface area contributed by atoms with E-state index in [4.69, 9.17) is 16.3 Å². The lowest BCUT2D eigenvalue weighted by Crippen LogP contribution is -2.53. The standard InChI is InChI=1S/C29H24ClN3O7/c1-13-9-18-25(19(30)10-13)31-28(39)29(18)24-23(20(32-29)11-15-3-8-21(35)22(36)12-15)26(37)33(27(24)38)16-4-6-17(7-5-16)40-14(2)34/h3-10,12,20,23-24,32,35-36H,11H2,1-2H3,(H,31,39)/t20-,23+,24-,29-/m0/s1. The molecule has 1 spiro atoms. The van der Waals surface area contributed by atoms with E-state index in [1.54, 1.807) is 18.2 Å². The average Bonchev–Trinajstić information content (AvgIpc) is 3.47. The molecule has 3 aliphatic rings. The number of carbonyl (C=O) groups excluding carboxylic acids is 4. The fraction of sp³-hybridized carbons (Fsp3) is 0.241. The van der Waals surface area contributed by atoms with Gasteiger partial charge in [-0.1, -0.05) is 23.7 Å². The molecule has 2 fully saturated rings. The molecule has 0 aliphatic carbocycles. The summed E-state index contributed by atoms with van der Waals surface area (Å²) < 4.78 is 5.07.